The van der Waals surface area contributed by atoms with E-state index in [-0.39, 0.29) is 18.2 Å². The summed E-state index contributed by atoms with van der Waals surface area (Å²) in [5.74, 6) is 1.47. The van der Waals surface area contributed by atoms with Crippen molar-refractivity contribution in [3.63, 3.8) is 0 Å². The van der Waals surface area contributed by atoms with Crippen molar-refractivity contribution in [1.82, 2.24) is 15.2 Å². The number of ether oxygens (including phenoxy) is 2. The smallest absolute Gasteiger partial charge is 0.318 e. The Morgan fingerprint density at radius 3 is 2.89 bits per heavy atom. The average molecular weight is 395 g/mol. The Morgan fingerprint density at radius 2 is 2.00 bits per heavy atom. The van der Waals surface area contributed by atoms with Gasteiger partial charge in [-0.25, -0.2) is 9.78 Å². The van der Waals surface area contributed by atoms with Gasteiger partial charge in [-0.15, -0.1) is 11.3 Å². The minimum Gasteiger partial charge on any atom is -0.486 e. The zero-order chi connectivity index (χ0) is 18.9. The summed E-state index contributed by atoms with van der Waals surface area (Å²) in [6.07, 6.45) is 1.75. The van der Waals surface area contributed by atoms with Crippen molar-refractivity contribution in [2.45, 2.75) is 25.0 Å². The fourth-order valence-corrected chi connectivity index (χ4v) is 4.88. The monoisotopic (exact) mass is 395 g/mol. The molecular weight excluding hydrogens is 374 g/mol. The molecule has 5 rings (SSSR count). The molecule has 144 valence electrons. The number of hydrogen-bond acceptors (Lipinski definition) is 5. The van der Waals surface area contributed by atoms with Crippen molar-refractivity contribution in [2.24, 2.45) is 0 Å². The molecule has 0 aliphatic carbocycles. The largest absolute Gasteiger partial charge is 0.486 e. The van der Waals surface area contributed by atoms with Gasteiger partial charge in [-0.3, -0.25) is 0 Å². The first-order valence-electron chi connectivity index (χ1n) is 9.56. The SMILES string of the molecule is O=C(NC[C@H]1COc2ccccc2O1)N1CCC[C@H]1c1nc2ccccc2s1. The summed E-state index contributed by atoms with van der Waals surface area (Å²) in [7, 11) is 0. The number of para-hydroxylation sites is 3. The first-order valence-corrected chi connectivity index (χ1v) is 10.4. The molecule has 2 aromatic carbocycles. The summed E-state index contributed by atoms with van der Waals surface area (Å²) in [5.41, 5.74) is 1.00. The van der Waals surface area contributed by atoms with Crippen LogP contribution in [0, 0.1) is 0 Å². The van der Waals surface area contributed by atoms with E-state index in [1.165, 1.54) is 0 Å². The van der Waals surface area contributed by atoms with E-state index in [2.05, 4.69) is 11.4 Å². The number of nitrogens with zero attached hydrogens (tertiary/aromatic N) is 2. The highest BCUT2D eigenvalue weighted by Gasteiger charge is 2.33. The van der Waals surface area contributed by atoms with Crippen LogP contribution < -0.4 is 14.8 Å². The van der Waals surface area contributed by atoms with Crippen molar-refractivity contribution in [3.05, 3.63) is 53.5 Å². The van der Waals surface area contributed by atoms with Crippen LogP contribution in [0.3, 0.4) is 0 Å². The second kappa shape index (κ2) is 7.31. The summed E-state index contributed by atoms with van der Waals surface area (Å²) in [6, 6.07) is 15.7. The van der Waals surface area contributed by atoms with Crippen LogP contribution in [-0.2, 0) is 0 Å². The Labute approximate surface area is 167 Å². The molecule has 2 aliphatic rings. The van der Waals surface area contributed by atoms with Crippen LogP contribution in [0.1, 0.15) is 23.9 Å². The standard InChI is InChI=1S/C21H21N3O3S/c25-21(22-12-14-13-26-17-8-2-3-9-18(17)27-14)24-11-5-7-16(24)20-23-15-6-1-4-10-19(15)28-20/h1-4,6,8-10,14,16H,5,7,11-13H2,(H,22,25)/t14-,16-/m0/s1. The number of hydrogen-bond donors (Lipinski definition) is 1. The van der Waals surface area contributed by atoms with E-state index in [1.54, 1.807) is 11.3 Å². The van der Waals surface area contributed by atoms with Gasteiger partial charge in [-0.1, -0.05) is 24.3 Å². The molecule has 2 atom stereocenters. The molecule has 2 aliphatic heterocycles. The molecule has 0 spiro atoms. The van der Waals surface area contributed by atoms with Gasteiger partial charge in [0.05, 0.1) is 22.8 Å². The molecule has 0 radical (unpaired) electrons. The summed E-state index contributed by atoms with van der Waals surface area (Å²) >= 11 is 1.68. The molecule has 0 bridgehead atoms. The van der Waals surface area contributed by atoms with Crippen molar-refractivity contribution < 1.29 is 14.3 Å². The van der Waals surface area contributed by atoms with Crippen LogP contribution in [0.15, 0.2) is 48.5 Å². The Balaban J connectivity index is 1.23. The average Bonchev–Trinajstić information content (AvgIpc) is 3.38. The molecule has 3 aromatic rings. The van der Waals surface area contributed by atoms with Crippen LogP contribution in [-0.4, -0.2) is 41.7 Å². The minimum atomic E-state index is -0.192. The lowest BCUT2D eigenvalue weighted by Crippen LogP contribution is -2.46. The van der Waals surface area contributed by atoms with Crippen molar-refractivity contribution in [1.29, 1.82) is 0 Å². The fraction of sp³-hybridized carbons (Fsp3) is 0.333. The van der Waals surface area contributed by atoms with Gasteiger partial charge in [0.15, 0.2) is 17.6 Å². The molecule has 1 aromatic heterocycles. The number of amides is 2. The summed E-state index contributed by atoms with van der Waals surface area (Å²) in [4.78, 5) is 19.5. The van der Waals surface area contributed by atoms with Crippen molar-refractivity contribution >= 4 is 27.6 Å². The topological polar surface area (TPSA) is 63.7 Å². The molecule has 3 heterocycles. The van der Waals surface area contributed by atoms with Gasteiger partial charge in [0.1, 0.15) is 11.6 Å². The Bertz CT molecular complexity index is 972. The molecule has 1 fully saturated rings. The number of carbonyl (C=O) groups is 1. The van der Waals surface area contributed by atoms with E-state index in [9.17, 15) is 4.79 Å². The summed E-state index contributed by atoms with van der Waals surface area (Å²) in [5, 5.41) is 4.03. The Hall–Kier alpha value is -2.80. The number of likely N-dealkylation sites (tertiary alicyclic amines) is 1. The lowest BCUT2D eigenvalue weighted by Gasteiger charge is -2.28. The van der Waals surface area contributed by atoms with Gasteiger partial charge >= 0.3 is 6.03 Å². The number of aromatic nitrogens is 1. The third-order valence-corrected chi connectivity index (χ3v) is 6.30. The Morgan fingerprint density at radius 1 is 1.18 bits per heavy atom. The maximum atomic E-state index is 12.8. The molecule has 7 heteroatoms. The normalized spacial score (nSPS) is 21.1. The molecule has 1 N–H and O–H groups in total. The van der Waals surface area contributed by atoms with Gasteiger partial charge in [0.2, 0.25) is 0 Å². The van der Waals surface area contributed by atoms with Crippen LogP contribution in [0.2, 0.25) is 0 Å². The molecule has 6 nitrogen and oxygen atoms in total. The van der Waals surface area contributed by atoms with E-state index in [4.69, 9.17) is 14.5 Å². The number of nitrogens with one attached hydrogen (secondary N) is 1. The quantitative estimate of drug-likeness (QED) is 0.729. The summed E-state index contributed by atoms with van der Waals surface area (Å²) in [6.45, 7) is 1.59. The minimum absolute atomic E-state index is 0.0432. The van der Waals surface area contributed by atoms with Gasteiger partial charge in [-0.2, -0.15) is 0 Å². The van der Waals surface area contributed by atoms with Crippen LogP contribution in [0.25, 0.3) is 10.2 Å². The van der Waals surface area contributed by atoms with E-state index < -0.39 is 0 Å². The third kappa shape index (κ3) is 3.26. The predicted molar refractivity (Wildman–Crippen MR) is 108 cm³/mol. The second-order valence-electron chi connectivity index (χ2n) is 7.05. The Kier molecular flexibility index (Phi) is 4.52. The number of benzene rings is 2. The number of urea groups is 1. The van der Waals surface area contributed by atoms with E-state index in [0.29, 0.717) is 13.2 Å². The third-order valence-electron chi connectivity index (χ3n) is 5.16. The van der Waals surface area contributed by atoms with Gasteiger partial charge < -0.3 is 19.7 Å². The number of thiazole rings is 1. The first-order chi connectivity index (χ1) is 13.8. The highest BCUT2D eigenvalue weighted by Crippen LogP contribution is 2.36. The van der Waals surface area contributed by atoms with Crippen molar-refractivity contribution in [2.75, 3.05) is 19.7 Å². The highest BCUT2D eigenvalue weighted by atomic mass is 32.1. The predicted octanol–water partition coefficient (Wildman–Crippen LogP) is 3.98. The number of fused-ring (bicyclic) bond motifs is 2. The van der Waals surface area contributed by atoms with Gasteiger partial charge in [0.25, 0.3) is 0 Å². The van der Waals surface area contributed by atoms with Crippen LogP contribution in [0.4, 0.5) is 4.79 Å². The molecule has 1 saturated heterocycles. The zero-order valence-corrected chi connectivity index (χ0v) is 16.2. The number of rotatable bonds is 3. The first kappa shape index (κ1) is 17.3. The second-order valence-corrected chi connectivity index (χ2v) is 8.12. The molecule has 2 amide bonds. The van der Waals surface area contributed by atoms with Crippen LogP contribution >= 0.6 is 11.3 Å². The maximum absolute atomic E-state index is 12.8. The maximum Gasteiger partial charge on any atom is 0.318 e. The summed E-state index contributed by atoms with van der Waals surface area (Å²) < 4.78 is 12.8. The van der Waals surface area contributed by atoms with Crippen molar-refractivity contribution in [3.8, 4) is 11.5 Å². The lowest BCUT2D eigenvalue weighted by molar-refractivity contribution is 0.0898. The highest BCUT2D eigenvalue weighted by molar-refractivity contribution is 7.18. The van der Waals surface area contributed by atoms with Crippen LogP contribution in [0.5, 0.6) is 11.5 Å². The molecule has 0 saturated carbocycles. The van der Waals surface area contributed by atoms with E-state index in [1.807, 2.05) is 47.4 Å². The molecular formula is C21H21N3O3S. The number of carbonyl (C=O) groups excluding carboxylic acids is 1. The van der Waals surface area contributed by atoms with E-state index in [0.717, 1.165) is 46.1 Å². The van der Waals surface area contributed by atoms with E-state index >= 15 is 0 Å². The van der Waals surface area contributed by atoms with Gasteiger partial charge in [0, 0.05) is 6.54 Å². The fourth-order valence-electron chi connectivity index (χ4n) is 3.77. The lowest BCUT2D eigenvalue weighted by atomic mass is 10.2. The molecule has 28 heavy (non-hydrogen) atoms. The zero-order valence-electron chi connectivity index (χ0n) is 15.3. The van der Waals surface area contributed by atoms with Gasteiger partial charge in [-0.05, 0) is 37.1 Å². The molecule has 0 unspecified atom stereocenters.